The zero-order valence-corrected chi connectivity index (χ0v) is 16.6. The number of hydrogen-bond donors (Lipinski definition) is 0. The van der Waals surface area contributed by atoms with Crippen LogP contribution in [-0.4, -0.2) is 16.1 Å². The number of aromatic nitrogens is 2. The number of pyridine rings is 1. The molecule has 1 aliphatic carbocycles. The zero-order chi connectivity index (χ0) is 17.1. The standard InChI is InChI=1S/C22H25N3.ClH/c1-14-12-23-22(24-11-10-17-6-4-5-7-18(17)13-24)21-20(14)15(2)16(3)25(21)19-8-9-19;/h4-7,12,19H,8-11,13H2,1-3H3;1H. The summed E-state index contributed by atoms with van der Waals surface area (Å²) < 4.78 is 2.58. The summed E-state index contributed by atoms with van der Waals surface area (Å²) in [5.41, 5.74) is 8.47. The van der Waals surface area contributed by atoms with Crippen molar-refractivity contribution >= 4 is 29.1 Å². The van der Waals surface area contributed by atoms with Crippen LogP contribution in [0.15, 0.2) is 30.5 Å². The van der Waals surface area contributed by atoms with E-state index in [1.807, 2.05) is 0 Å². The summed E-state index contributed by atoms with van der Waals surface area (Å²) in [5.74, 6) is 1.18. The number of fused-ring (bicyclic) bond motifs is 2. The fraction of sp³-hybridized carbons (Fsp3) is 0.409. The Bertz CT molecular complexity index is 985. The van der Waals surface area contributed by atoms with Gasteiger partial charge in [0.05, 0.1) is 5.52 Å². The van der Waals surface area contributed by atoms with Gasteiger partial charge in [-0.1, -0.05) is 24.3 Å². The fourth-order valence-electron chi connectivity index (χ4n) is 4.51. The maximum atomic E-state index is 4.93. The Hall–Kier alpha value is -2.00. The van der Waals surface area contributed by atoms with Crippen molar-refractivity contribution < 1.29 is 0 Å². The summed E-state index contributed by atoms with van der Waals surface area (Å²) in [6.45, 7) is 8.78. The lowest BCUT2D eigenvalue weighted by Gasteiger charge is -2.31. The van der Waals surface area contributed by atoms with Gasteiger partial charge in [0.15, 0.2) is 5.82 Å². The Kier molecular flexibility index (Phi) is 4.23. The molecule has 2 aromatic heterocycles. The third kappa shape index (κ3) is 2.52. The lowest BCUT2D eigenvalue weighted by Crippen LogP contribution is -2.31. The van der Waals surface area contributed by atoms with Crippen molar-refractivity contribution in [3.8, 4) is 0 Å². The molecule has 2 aliphatic rings. The monoisotopic (exact) mass is 367 g/mol. The van der Waals surface area contributed by atoms with Gasteiger partial charge in [0.25, 0.3) is 0 Å². The van der Waals surface area contributed by atoms with E-state index in [0.717, 1.165) is 19.5 Å². The van der Waals surface area contributed by atoms with Gasteiger partial charge in [-0.15, -0.1) is 12.4 Å². The van der Waals surface area contributed by atoms with Crippen LogP contribution in [0.3, 0.4) is 0 Å². The lowest BCUT2D eigenvalue weighted by atomic mass is 9.99. The normalized spacial score (nSPS) is 16.5. The molecule has 0 unspecified atom stereocenters. The first-order chi connectivity index (χ1) is 12.1. The highest BCUT2D eigenvalue weighted by Gasteiger charge is 2.31. The van der Waals surface area contributed by atoms with Gasteiger partial charge in [0.1, 0.15) is 0 Å². The van der Waals surface area contributed by atoms with Crippen LogP contribution in [0.5, 0.6) is 0 Å². The molecule has 3 nitrogen and oxygen atoms in total. The van der Waals surface area contributed by atoms with E-state index in [2.05, 4.69) is 60.7 Å². The number of nitrogens with zero attached hydrogens (tertiary/aromatic N) is 3. The van der Waals surface area contributed by atoms with Gasteiger partial charge in [0, 0.05) is 36.4 Å². The Morgan fingerprint density at radius 3 is 2.50 bits per heavy atom. The first-order valence-electron chi connectivity index (χ1n) is 9.43. The lowest BCUT2D eigenvalue weighted by molar-refractivity contribution is 0.709. The molecule has 0 atom stereocenters. The van der Waals surface area contributed by atoms with Crippen LogP contribution in [0.2, 0.25) is 0 Å². The minimum Gasteiger partial charge on any atom is -0.350 e. The molecular formula is C22H26ClN3. The molecule has 0 saturated heterocycles. The summed E-state index contributed by atoms with van der Waals surface area (Å²) in [6, 6.07) is 9.52. The van der Waals surface area contributed by atoms with Crippen LogP contribution in [0.25, 0.3) is 10.9 Å². The number of benzene rings is 1. The van der Waals surface area contributed by atoms with E-state index in [0.29, 0.717) is 6.04 Å². The van der Waals surface area contributed by atoms with Gasteiger partial charge in [-0.3, -0.25) is 0 Å². The van der Waals surface area contributed by atoms with Gasteiger partial charge < -0.3 is 9.47 Å². The van der Waals surface area contributed by atoms with E-state index in [-0.39, 0.29) is 12.4 Å². The highest BCUT2D eigenvalue weighted by Crippen LogP contribution is 2.44. The predicted molar refractivity (Wildman–Crippen MR) is 111 cm³/mol. The van der Waals surface area contributed by atoms with Crippen molar-refractivity contribution in [1.82, 2.24) is 9.55 Å². The number of anilines is 1. The second kappa shape index (κ2) is 6.31. The van der Waals surface area contributed by atoms with Gasteiger partial charge >= 0.3 is 0 Å². The average molecular weight is 368 g/mol. The smallest absolute Gasteiger partial charge is 0.153 e. The molecule has 5 rings (SSSR count). The Morgan fingerprint density at radius 2 is 1.77 bits per heavy atom. The van der Waals surface area contributed by atoms with Crippen LogP contribution < -0.4 is 4.90 Å². The summed E-state index contributed by atoms with van der Waals surface area (Å²) >= 11 is 0. The molecule has 0 amide bonds. The average Bonchev–Trinajstić information content (AvgIpc) is 3.42. The second-order valence-corrected chi connectivity index (χ2v) is 7.74. The number of halogens is 1. The second-order valence-electron chi connectivity index (χ2n) is 7.74. The maximum Gasteiger partial charge on any atom is 0.153 e. The van der Waals surface area contributed by atoms with Crippen molar-refractivity contribution in [2.24, 2.45) is 0 Å². The van der Waals surface area contributed by atoms with Crippen molar-refractivity contribution in [2.75, 3.05) is 11.4 Å². The van der Waals surface area contributed by atoms with Gasteiger partial charge in [-0.05, 0) is 62.3 Å². The van der Waals surface area contributed by atoms with E-state index >= 15 is 0 Å². The minimum absolute atomic E-state index is 0. The van der Waals surface area contributed by atoms with Crippen LogP contribution >= 0.6 is 12.4 Å². The van der Waals surface area contributed by atoms with Gasteiger partial charge in [-0.25, -0.2) is 4.98 Å². The Morgan fingerprint density at radius 1 is 1.04 bits per heavy atom. The molecule has 0 bridgehead atoms. The van der Waals surface area contributed by atoms with Gasteiger partial charge in [0.2, 0.25) is 0 Å². The van der Waals surface area contributed by atoms with E-state index < -0.39 is 0 Å². The molecule has 26 heavy (non-hydrogen) atoms. The maximum absolute atomic E-state index is 4.93. The van der Waals surface area contributed by atoms with E-state index in [1.54, 1.807) is 0 Å². The van der Waals surface area contributed by atoms with E-state index in [1.165, 1.54) is 57.5 Å². The van der Waals surface area contributed by atoms with Crippen LogP contribution in [-0.2, 0) is 13.0 Å². The van der Waals surface area contributed by atoms with Crippen molar-refractivity contribution in [3.05, 3.63) is 58.4 Å². The van der Waals surface area contributed by atoms with Crippen LogP contribution in [0.1, 0.15) is 46.8 Å². The summed E-state index contributed by atoms with van der Waals surface area (Å²) in [4.78, 5) is 7.42. The molecule has 0 radical (unpaired) electrons. The summed E-state index contributed by atoms with van der Waals surface area (Å²) in [5, 5.41) is 1.42. The molecule has 3 aromatic rings. The first kappa shape index (κ1) is 17.4. The first-order valence-corrected chi connectivity index (χ1v) is 9.43. The van der Waals surface area contributed by atoms with Gasteiger partial charge in [-0.2, -0.15) is 0 Å². The largest absolute Gasteiger partial charge is 0.350 e. The predicted octanol–water partition coefficient (Wildman–Crippen LogP) is 5.28. The topological polar surface area (TPSA) is 21.1 Å². The SMILES string of the molecule is Cc1cnc(N2CCc3ccccc3C2)c2c1c(C)c(C)n2C1CC1.Cl. The molecule has 0 N–H and O–H groups in total. The zero-order valence-electron chi connectivity index (χ0n) is 15.7. The van der Waals surface area contributed by atoms with Crippen molar-refractivity contribution in [1.29, 1.82) is 0 Å². The fourth-order valence-corrected chi connectivity index (χ4v) is 4.51. The molecule has 1 aliphatic heterocycles. The molecule has 1 saturated carbocycles. The minimum atomic E-state index is 0. The third-order valence-corrected chi connectivity index (χ3v) is 6.09. The third-order valence-electron chi connectivity index (χ3n) is 6.09. The molecule has 136 valence electrons. The highest BCUT2D eigenvalue weighted by atomic mass is 35.5. The molecular weight excluding hydrogens is 342 g/mol. The Labute approximate surface area is 161 Å². The molecule has 1 fully saturated rings. The summed E-state index contributed by atoms with van der Waals surface area (Å²) in [6.07, 6.45) is 5.79. The van der Waals surface area contributed by atoms with Crippen LogP contribution in [0.4, 0.5) is 5.82 Å². The molecule has 4 heteroatoms. The number of hydrogen-bond acceptors (Lipinski definition) is 2. The van der Waals surface area contributed by atoms with E-state index in [4.69, 9.17) is 4.98 Å². The molecule has 0 spiro atoms. The quantitative estimate of drug-likeness (QED) is 0.614. The molecule has 1 aromatic carbocycles. The number of aryl methyl sites for hydroxylation is 2. The van der Waals surface area contributed by atoms with Crippen molar-refractivity contribution in [2.45, 2.75) is 52.6 Å². The highest BCUT2D eigenvalue weighted by molar-refractivity contribution is 5.96. The van der Waals surface area contributed by atoms with Crippen molar-refractivity contribution in [3.63, 3.8) is 0 Å². The molecule has 3 heterocycles. The van der Waals surface area contributed by atoms with Crippen LogP contribution in [0, 0.1) is 20.8 Å². The Balaban J connectivity index is 0.00000168. The number of rotatable bonds is 2. The van der Waals surface area contributed by atoms with E-state index in [9.17, 15) is 0 Å². The summed E-state index contributed by atoms with van der Waals surface area (Å²) in [7, 11) is 0.